The van der Waals surface area contributed by atoms with E-state index in [-0.39, 0.29) is 11.4 Å². The number of primary amides is 1. The first-order valence-corrected chi connectivity index (χ1v) is 8.93. The summed E-state index contributed by atoms with van der Waals surface area (Å²) in [5.74, 6) is -1.88. The number of carbonyl (C=O) groups excluding carboxylic acids is 2. The molecule has 0 bridgehead atoms. The van der Waals surface area contributed by atoms with E-state index in [9.17, 15) is 14.0 Å². The normalized spacial score (nSPS) is 17.7. The van der Waals surface area contributed by atoms with Gasteiger partial charge < -0.3 is 10.6 Å². The Hall–Kier alpha value is -3.81. The molecule has 1 aromatic heterocycles. The third-order valence-electron chi connectivity index (χ3n) is 4.82. The minimum Gasteiger partial charge on any atom is -0.369 e. The predicted octanol–water partition coefficient (Wildman–Crippen LogP) is 2.83. The highest BCUT2D eigenvalue weighted by molar-refractivity contribution is 5.91. The molecule has 0 radical (unpaired) electrons. The van der Waals surface area contributed by atoms with Crippen molar-refractivity contribution < 1.29 is 18.8 Å². The third kappa shape index (κ3) is 3.40. The van der Waals surface area contributed by atoms with Crippen LogP contribution in [0.2, 0.25) is 0 Å². The van der Waals surface area contributed by atoms with Gasteiger partial charge >= 0.3 is 5.97 Å². The quantitative estimate of drug-likeness (QED) is 0.733. The molecule has 2 heterocycles. The van der Waals surface area contributed by atoms with Gasteiger partial charge in [0.05, 0.1) is 23.2 Å². The molecule has 1 aliphatic heterocycles. The standard InChI is InChI=1S/C21H17FN4O3/c1-12-18(19(23)27)16-7-2-3-8-17(16)26(12)29-21(28)14-10-24-20(25-11-14)13-5-4-6-15(22)9-13/h2-12,18H,1H3,(H2,23,27). The van der Waals surface area contributed by atoms with Crippen LogP contribution in [0.3, 0.4) is 0 Å². The fourth-order valence-corrected chi connectivity index (χ4v) is 3.44. The molecular weight excluding hydrogens is 375 g/mol. The van der Waals surface area contributed by atoms with Gasteiger partial charge in [0.2, 0.25) is 5.91 Å². The van der Waals surface area contributed by atoms with Gasteiger partial charge in [-0.05, 0) is 30.7 Å². The van der Waals surface area contributed by atoms with Crippen LogP contribution in [0.15, 0.2) is 60.9 Å². The van der Waals surface area contributed by atoms with E-state index in [0.29, 0.717) is 16.8 Å². The maximum Gasteiger partial charge on any atom is 0.366 e. The van der Waals surface area contributed by atoms with Gasteiger partial charge in [-0.25, -0.2) is 24.2 Å². The van der Waals surface area contributed by atoms with Gasteiger partial charge in [0.1, 0.15) is 5.82 Å². The van der Waals surface area contributed by atoms with Gasteiger partial charge in [-0.3, -0.25) is 4.79 Å². The monoisotopic (exact) mass is 392 g/mol. The summed E-state index contributed by atoms with van der Waals surface area (Å²) in [5, 5.41) is 1.38. The van der Waals surface area contributed by atoms with E-state index < -0.39 is 29.7 Å². The molecule has 2 unspecified atom stereocenters. The minimum atomic E-state index is -0.678. The molecule has 0 saturated carbocycles. The van der Waals surface area contributed by atoms with Crippen LogP contribution in [0.25, 0.3) is 11.4 Å². The van der Waals surface area contributed by atoms with Crippen LogP contribution < -0.4 is 10.8 Å². The van der Waals surface area contributed by atoms with Crippen LogP contribution in [-0.4, -0.2) is 27.9 Å². The van der Waals surface area contributed by atoms with E-state index in [1.54, 1.807) is 43.3 Å². The highest BCUT2D eigenvalue weighted by atomic mass is 19.1. The fraction of sp³-hybridized carbons (Fsp3) is 0.143. The van der Waals surface area contributed by atoms with Crippen molar-refractivity contribution in [3.8, 4) is 11.4 Å². The first-order chi connectivity index (χ1) is 14.0. The molecule has 4 rings (SSSR count). The average Bonchev–Trinajstić information content (AvgIpc) is 3.00. The van der Waals surface area contributed by atoms with E-state index in [1.165, 1.54) is 29.6 Å². The molecule has 0 saturated heterocycles. The molecule has 146 valence electrons. The fourth-order valence-electron chi connectivity index (χ4n) is 3.44. The van der Waals surface area contributed by atoms with Crippen molar-refractivity contribution in [3.63, 3.8) is 0 Å². The number of para-hydroxylation sites is 1. The van der Waals surface area contributed by atoms with Crippen molar-refractivity contribution in [2.75, 3.05) is 5.06 Å². The predicted molar refractivity (Wildman–Crippen MR) is 103 cm³/mol. The summed E-state index contributed by atoms with van der Waals surface area (Å²) in [4.78, 5) is 38.3. The minimum absolute atomic E-state index is 0.123. The number of hydrogen-bond donors (Lipinski definition) is 1. The smallest absolute Gasteiger partial charge is 0.366 e. The number of nitrogens with two attached hydrogens (primary N) is 1. The van der Waals surface area contributed by atoms with Crippen LogP contribution in [0.1, 0.15) is 28.8 Å². The summed E-state index contributed by atoms with van der Waals surface area (Å²) in [7, 11) is 0. The highest BCUT2D eigenvalue weighted by Crippen LogP contribution is 2.40. The SMILES string of the molecule is CC1C(C(N)=O)c2ccccc2N1OC(=O)c1cnc(-c2cccc(F)c2)nc1. The Morgan fingerprint density at radius 1 is 1.10 bits per heavy atom. The van der Waals surface area contributed by atoms with Gasteiger partial charge in [-0.1, -0.05) is 30.3 Å². The average molecular weight is 392 g/mol. The van der Waals surface area contributed by atoms with Crippen LogP contribution >= 0.6 is 0 Å². The zero-order valence-electron chi connectivity index (χ0n) is 15.4. The van der Waals surface area contributed by atoms with Crippen LogP contribution in [0.4, 0.5) is 10.1 Å². The van der Waals surface area contributed by atoms with E-state index in [1.807, 2.05) is 0 Å². The van der Waals surface area contributed by atoms with Crippen molar-refractivity contribution in [2.24, 2.45) is 5.73 Å². The third-order valence-corrected chi connectivity index (χ3v) is 4.82. The van der Waals surface area contributed by atoms with Crippen molar-refractivity contribution in [1.82, 2.24) is 9.97 Å². The van der Waals surface area contributed by atoms with Crippen LogP contribution in [0.5, 0.6) is 0 Å². The Morgan fingerprint density at radius 3 is 2.52 bits per heavy atom. The number of aromatic nitrogens is 2. The second kappa shape index (κ2) is 7.31. The molecule has 3 aromatic rings. The van der Waals surface area contributed by atoms with Crippen molar-refractivity contribution >= 4 is 17.6 Å². The second-order valence-electron chi connectivity index (χ2n) is 6.69. The summed E-state index contributed by atoms with van der Waals surface area (Å²) in [5.41, 5.74) is 7.47. The zero-order valence-corrected chi connectivity index (χ0v) is 15.4. The lowest BCUT2D eigenvalue weighted by Crippen LogP contribution is -2.38. The van der Waals surface area contributed by atoms with Gasteiger partial charge in [0.25, 0.3) is 0 Å². The summed E-state index contributed by atoms with van der Waals surface area (Å²) >= 11 is 0. The van der Waals surface area contributed by atoms with Gasteiger partial charge in [-0.2, -0.15) is 0 Å². The lowest BCUT2D eigenvalue weighted by Gasteiger charge is -2.24. The van der Waals surface area contributed by atoms with E-state index in [4.69, 9.17) is 10.6 Å². The summed E-state index contributed by atoms with van der Waals surface area (Å²) in [6.07, 6.45) is 2.63. The number of fused-ring (bicyclic) bond motifs is 1. The molecule has 8 heteroatoms. The van der Waals surface area contributed by atoms with Crippen molar-refractivity contribution in [2.45, 2.75) is 18.9 Å². The second-order valence-corrected chi connectivity index (χ2v) is 6.69. The first-order valence-electron chi connectivity index (χ1n) is 8.93. The molecular formula is C21H17FN4O3. The Labute approximate surface area is 165 Å². The molecule has 2 aromatic carbocycles. The topological polar surface area (TPSA) is 98.4 Å². The lowest BCUT2D eigenvalue weighted by atomic mass is 9.96. The molecule has 1 amide bonds. The summed E-state index contributed by atoms with van der Waals surface area (Å²) in [6, 6.07) is 12.5. The Kier molecular flexibility index (Phi) is 4.67. The van der Waals surface area contributed by atoms with E-state index in [0.717, 1.165) is 0 Å². The summed E-state index contributed by atoms with van der Waals surface area (Å²) in [6.45, 7) is 1.76. The summed E-state index contributed by atoms with van der Waals surface area (Å²) < 4.78 is 13.4. The molecule has 2 atom stereocenters. The Balaban J connectivity index is 1.56. The number of halogens is 1. The number of amides is 1. The Bertz CT molecular complexity index is 1090. The maximum atomic E-state index is 13.4. The first kappa shape index (κ1) is 18.5. The van der Waals surface area contributed by atoms with Gasteiger partial charge in [0.15, 0.2) is 5.82 Å². The number of rotatable bonds is 4. The molecule has 1 aliphatic rings. The lowest BCUT2D eigenvalue weighted by molar-refractivity contribution is -0.119. The number of hydroxylamine groups is 1. The van der Waals surface area contributed by atoms with Gasteiger partial charge in [0, 0.05) is 18.0 Å². The Morgan fingerprint density at radius 2 is 1.83 bits per heavy atom. The molecule has 0 fully saturated rings. The van der Waals surface area contributed by atoms with E-state index in [2.05, 4.69) is 9.97 Å². The number of benzene rings is 2. The van der Waals surface area contributed by atoms with Gasteiger partial charge in [-0.15, -0.1) is 0 Å². The van der Waals surface area contributed by atoms with E-state index >= 15 is 0 Å². The largest absolute Gasteiger partial charge is 0.369 e. The van der Waals surface area contributed by atoms with Crippen molar-refractivity contribution in [3.05, 3.63) is 77.9 Å². The zero-order chi connectivity index (χ0) is 20.5. The maximum absolute atomic E-state index is 13.4. The number of hydrogen-bond acceptors (Lipinski definition) is 6. The number of anilines is 1. The molecule has 2 N–H and O–H groups in total. The van der Waals surface area contributed by atoms with Crippen molar-refractivity contribution in [1.29, 1.82) is 0 Å². The highest BCUT2D eigenvalue weighted by Gasteiger charge is 2.41. The van der Waals surface area contributed by atoms with Crippen LogP contribution in [0, 0.1) is 5.82 Å². The molecule has 0 aliphatic carbocycles. The number of nitrogens with zero attached hydrogens (tertiary/aromatic N) is 3. The number of carbonyl (C=O) groups is 2. The van der Waals surface area contributed by atoms with Crippen LogP contribution in [-0.2, 0) is 9.63 Å². The molecule has 0 spiro atoms. The molecule has 29 heavy (non-hydrogen) atoms. The molecule has 7 nitrogen and oxygen atoms in total.